The van der Waals surface area contributed by atoms with Crippen LogP contribution in [-0.4, -0.2) is 34.4 Å². The van der Waals surface area contributed by atoms with Gasteiger partial charge in [-0.2, -0.15) is 5.10 Å². The van der Waals surface area contributed by atoms with E-state index in [4.69, 9.17) is 4.74 Å². The molecule has 1 atom stereocenters. The van der Waals surface area contributed by atoms with Crippen molar-refractivity contribution in [2.75, 3.05) is 13.2 Å². The second-order valence-electron chi connectivity index (χ2n) is 5.32. The number of carbonyl (C=O) groups is 1. The van der Waals surface area contributed by atoms with Crippen LogP contribution in [0.15, 0.2) is 12.4 Å². The summed E-state index contributed by atoms with van der Waals surface area (Å²) in [7, 11) is 0. The molecule has 0 saturated heterocycles. The molecule has 5 heteroatoms. The summed E-state index contributed by atoms with van der Waals surface area (Å²) in [6.07, 6.45) is 6.64. The van der Waals surface area contributed by atoms with Crippen LogP contribution in [0.2, 0.25) is 0 Å². The molecule has 1 heterocycles. The van der Waals surface area contributed by atoms with E-state index in [2.05, 4.69) is 10.4 Å². The number of nitrogens with one attached hydrogen (secondary N) is 1. The highest BCUT2D eigenvalue weighted by molar-refractivity contribution is 5.80. The van der Waals surface area contributed by atoms with Crippen LogP contribution in [0.1, 0.15) is 45.6 Å². The first-order valence-corrected chi connectivity index (χ1v) is 7.43. The van der Waals surface area contributed by atoms with Crippen LogP contribution in [0, 0.1) is 6.92 Å². The Morgan fingerprint density at radius 3 is 2.75 bits per heavy atom. The predicted octanol–water partition coefficient (Wildman–Crippen LogP) is 2.29. The average Bonchev–Trinajstić information content (AvgIpc) is 2.81. The number of rotatable bonds is 9. The number of hydrogen-bond donors (Lipinski definition) is 1. The summed E-state index contributed by atoms with van der Waals surface area (Å²) in [5, 5.41) is 7.51. The molecule has 1 rings (SSSR count). The van der Waals surface area contributed by atoms with E-state index < -0.39 is 5.54 Å². The van der Waals surface area contributed by atoms with E-state index >= 15 is 0 Å². The van der Waals surface area contributed by atoms with Crippen molar-refractivity contribution in [1.82, 2.24) is 15.1 Å². The molecule has 0 spiro atoms. The monoisotopic (exact) mass is 281 g/mol. The first-order chi connectivity index (χ1) is 9.51. The topological polar surface area (TPSA) is 56.2 Å². The number of aryl methyl sites for hydroxylation is 2. The summed E-state index contributed by atoms with van der Waals surface area (Å²) < 4.78 is 7.11. The number of aromatic nitrogens is 2. The third-order valence-corrected chi connectivity index (χ3v) is 3.37. The van der Waals surface area contributed by atoms with Gasteiger partial charge in [0.05, 0.1) is 12.8 Å². The van der Waals surface area contributed by atoms with Gasteiger partial charge in [-0.1, -0.05) is 6.92 Å². The number of ether oxygens (including phenoxy) is 1. The lowest BCUT2D eigenvalue weighted by Gasteiger charge is -2.28. The summed E-state index contributed by atoms with van der Waals surface area (Å²) in [4.78, 5) is 12.0. The Hall–Kier alpha value is -1.36. The minimum absolute atomic E-state index is 0.156. The fourth-order valence-corrected chi connectivity index (χ4v) is 2.28. The number of carbonyl (C=O) groups excluding carboxylic acids is 1. The minimum Gasteiger partial charge on any atom is -0.465 e. The summed E-state index contributed by atoms with van der Waals surface area (Å²) in [5.74, 6) is -0.156. The molecule has 114 valence electrons. The standard InChI is InChI=1S/C15H27N3O2/c1-5-16-15(4,14(19)20-6-2)9-7-8-10-18-12-13(3)11-17-18/h11-12,16H,5-10H2,1-4H3. The number of hydrogen-bond acceptors (Lipinski definition) is 4. The van der Waals surface area contributed by atoms with Gasteiger partial charge in [-0.05, 0) is 52.1 Å². The maximum atomic E-state index is 12.0. The Kier molecular flexibility index (Phi) is 6.71. The van der Waals surface area contributed by atoms with Gasteiger partial charge in [-0.3, -0.25) is 9.48 Å². The molecule has 20 heavy (non-hydrogen) atoms. The quantitative estimate of drug-likeness (QED) is 0.557. The summed E-state index contributed by atoms with van der Waals surface area (Å²) in [6, 6.07) is 0. The first-order valence-electron chi connectivity index (χ1n) is 7.43. The summed E-state index contributed by atoms with van der Waals surface area (Å²) in [5.41, 5.74) is 0.596. The molecule has 0 aromatic carbocycles. The van der Waals surface area contributed by atoms with Crippen LogP contribution >= 0.6 is 0 Å². The minimum atomic E-state index is -0.579. The lowest BCUT2D eigenvalue weighted by Crippen LogP contribution is -2.50. The number of esters is 1. The highest BCUT2D eigenvalue weighted by Gasteiger charge is 2.32. The van der Waals surface area contributed by atoms with E-state index in [1.54, 1.807) is 0 Å². The molecule has 0 saturated carbocycles. The molecule has 0 amide bonds. The van der Waals surface area contributed by atoms with Crippen LogP contribution in [-0.2, 0) is 16.1 Å². The summed E-state index contributed by atoms with van der Waals surface area (Å²) >= 11 is 0. The van der Waals surface area contributed by atoms with Gasteiger partial charge in [-0.25, -0.2) is 0 Å². The van der Waals surface area contributed by atoms with Gasteiger partial charge in [0.1, 0.15) is 5.54 Å². The first kappa shape index (κ1) is 16.7. The van der Waals surface area contributed by atoms with E-state index in [0.29, 0.717) is 6.61 Å². The van der Waals surface area contributed by atoms with Gasteiger partial charge in [-0.15, -0.1) is 0 Å². The molecule has 0 aliphatic rings. The van der Waals surface area contributed by atoms with E-state index in [0.717, 1.165) is 32.4 Å². The van der Waals surface area contributed by atoms with Gasteiger partial charge < -0.3 is 10.1 Å². The van der Waals surface area contributed by atoms with Gasteiger partial charge in [0.25, 0.3) is 0 Å². The second-order valence-corrected chi connectivity index (χ2v) is 5.32. The maximum Gasteiger partial charge on any atom is 0.326 e. The summed E-state index contributed by atoms with van der Waals surface area (Å²) in [6.45, 7) is 9.87. The molecule has 0 fully saturated rings. The molecule has 0 aliphatic heterocycles. The van der Waals surface area contributed by atoms with Gasteiger partial charge in [0, 0.05) is 12.7 Å². The van der Waals surface area contributed by atoms with E-state index in [9.17, 15) is 4.79 Å². The Morgan fingerprint density at radius 2 is 2.20 bits per heavy atom. The fourth-order valence-electron chi connectivity index (χ4n) is 2.28. The van der Waals surface area contributed by atoms with Gasteiger partial charge >= 0.3 is 5.97 Å². The third-order valence-electron chi connectivity index (χ3n) is 3.37. The Labute approximate surface area is 121 Å². The van der Waals surface area contributed by atoms with Crippen molar-refractivity contribution in [2.45, 2.75) is 59.0 Å². The number of nitrogens with zero attached hydrogens (tertiary/aromatic N) is 2. The van der Waals surface area contributed by atoms with Gasteiger partial charge in [0.2, 0.25) is 0 Å². The van der Waals surface area contributed by atoms with Crippen molar-refractivity contribution in [1.29, 1.82) is 0 Å². The second kappa shape index (κ2) is 8.04. The van der Waals surface area contributed by atoms with E-state index in [1.807, 2.05) is 44.8 Å². The Balaban J connectivity index is 2.40. The lowest BCUT2D eigenvalue weighted by atomic mass is 9.94. The van der Waals surface area contributed by atoms with Crippen molar-refractivity contribution in [3.05, 3.63) is 18.0 Å². The smallest absolute Gasteiger partial charge is 0.326 e. The van der Waals surface area contributed by atoms with Crippen LogP contribution < -0.4 is 5.32 Å². The Morgan fingerprint density at radius 1 is 1.45 bits per heavy atom. The van der Waals surface area contributed by atoms with E-state index in [-0.39, 0.29) is 5.97 Å². The predicted molar refractivity (Wildman–Crippen MR) is 79.5 cm³/mol. The van der Waals surface area contributed by atoms with Crippen molar-refractivity contribution in [2.24, 2.45) is 0 Å². The SMILES string of the molecule is CCNC(C)(CCCCn1cc(C)cn1)C(=O)OCC. The average molecular weight is 281 g/mol. The van der Waals surface area contributed by atoms with Crippen molar-refractivity contribution in [3.63, 3.8) is 0 Å². The zero-order chi connectivity index (χ0) is 15.0. The van der Waals surface area contributed by atoms with Gasteiger partial charge in [0.15, 0.2) is 0 Å². The molecule has 1 unspecified atom stereocenters. The molecular formula is C15H27N3O2. The van der Waals surface area contributed by atoms with Crippen LogP contribution in [0.3, 0.4) is 0 Å². The van der Waals surface area contributed by atoms with Crippen molar-refractivity contribution < 1.29 is 9.53 Å². The lowest BCUT2D eigenvalue weighted by molar-refractivity contribution is -0.150. The van der Waals surface area contributed by atoms with Crippen LogP contribution in [0.4, 0.5) is 0 Å². The van der Waals surface area contributed by atoms with Crippen LogP contribution in [0.25, 0.3) is 0 Å². The highest BCUT2D eigenvalue weighted by Crippen LogP contribution is 2.16. The van der Waals surface area contributed by atoms with Crippen molar-refractivity contribution >= 4 is 5.97 Å². The fraction of sp³-hybridized carbons (Fsp3) is 0.733. The highest BCUT2D eigenvalue weighted by atomic mass is 16.5. The van der Waals surface area contributed by atoms with Crippen molar-refractivity contribution in [3.8, 4) is 0 Å². The molecule has 1 aromatic rings. The van der Waals surface area contributed by atoms with Crippen LogP contribution in [0.5, 0.6) is 0 Å². The largest absolute Gasteiger partial charge is 0.465 e. The molecule has 1 aromatic heterocycles. The molecular weight excluding hydrogens is 254 g/mol. The number of unbranched alkanes of at least 4 members (excludes halogenated alkanes) is 1. The maximum absolute atomic E-state index is 12.0. The molecule has 1 N–H and O–H groups in total. The Bertz CT molecular complexity index is 417. The third kappa shape index (κ3) is 4.96. The van der Waals surface area contributed by atoms with E-state index in [1.165, 1.54) is 5.56 Å². The molecule has 0 bridgehead atoms. The zero-order valence-electron chi connectivity index (χ0n) is 13.1. The normalized spacial score (nSPS) is 14.0. The molecule has 0 radical (unpaired) electrons. The zero-order valence-corrected chi connectivity index (χ0v) is 13.1. The molecule has 0 aliphatic carbocycles. The molecule has 5 nitrogen and oxygen atoms in total. The number of likely N-dealkylation sites (N-methyl/N-ethyl adjacent to an activating group) is 1.